The molecule has 0 fully saturated rings. The van der Waals surface area contributed by atoms with E-state index in [0.717, 1.165) is 11.1 Å². The number of rotatable bonds is 5. The third-order valence-corrected chi connectivity index (χ3v) is 5.55. The smallest absolute Gasteiger partial charge is 0.226 e. The minimum absolute atomic E-state index is 0.136. The van der Waals surface area contributed by atoms with E-state index in [1.807, 2.05) is 13.0 Å². The maximum absolute atomic E-state index is 12.7. The van der Waals surface area contributed by atoms with Gasteiger partial charge in [0.25, 0.3) is 0 Å². The molecule has 0 aliphatic carbocycles. The molecule has 1 amide bonds. The van der Waals surface area contributed by atoms with Crippen molar-refractivity contribution in [1.29, 1.82) is 0 Å². The molecule has 0 unspecified atom stereocenters. The largest absolute Gasteiger partial charge is 0.496 e. The lowest BCUT2D eigenvalue weighted by atomic mass is 9.86. The highest BCUT2D eigenvalue weighted by molar-refractivity contribution is 5.94. The number of benzene rings is 1. The summed E-state index contributed by atoms with van der Waals surface area (Å²) >= 11 is 0. The number of hydrogen-bond donors (Lipinski definition) is 1. The number of carbonyl (C=O) groups is 1. The van der Waals surface area contributed by atoms with E-state index >= 15 is 0 Å². The van der Waals surface area contributed by atoms with Crippen molar-refractivity contribution in [2.75, 3.05) is 26.6 Å². The van der Waals surface area contributed by atoms with E-state index in [1.165, 1.54) is 0 Å². The summed E-state index contributed by atoms with van der Waals surface area (Å²) in [5, 5.41) is 20.1. The van der Waals surface area contributed by atoms with Gasteiger partial charge in [0.05, 0.1) is 27.5 Å². The van der Waals surface area contributed by atoms with Crippen LogP contribution in [0.3, 0.4) is 0 Å². The molecular weight excluding hydrogens is 414 g/mol. The number of nitrogens with zero attached hydrogens (tertiary/aromatic N) is 6. The van der Waals surface area contributed by atoms with Crippen LogP contribution in [0.15, 0.2) is 30.5 Å². The zero-order chi connectivity index (χ0) is 22.4. The zero-order valence-corrected chi connectivity index (χ0v) is 18.0. The molecule has 11 nitrogen and oxygen atoms in total. The fourth-order valence-corrected chi connectivity index (χ4v) is 4.00. The summed E-state index contributed by atoms with van der Waals surface area (Å²) in [6, 6.07) is 7.18. The maximum atomic E-state index is 12.7. The molecular formula is C21H21N7O4. The highest BCUT2D eigenvalue weighted by atomic mass is 16.5. The molecule has 0 radical (unpaired) electrons. The van der Waals surface area contributed by atoms with Crippen molar-refractivity contribution in [3.63, 3.8) is 0 Å². The standard InChI is InChI=1S/C21H21N7O4/c1-11-24-25-18-5-6-19(26-27(11)18)28-21-14(10-22-28)12(8-20(29)23-21)13-7-16(31-3)17(32-4)9-15(13)30-2/h5-7,9-10,12H,8H2,1-4H3,(H,23,29)/t12-/m1/s1. The lowest BCUT2D eigenvalue weighted by Crippen LogP contribution is -2.25. The number of hydrogen-bond acceptors (Lipinski definition) is 8. The van der Waals surface area contributed by atoms with Gasteiger partial charge in [-0.2, -0.15) is 14.3 Å². The number of amides is 1. The van der Waals surface area contributed by atoms with Crippen LogP contribution in [0.2, 0.25) is 0 Å². The van der Waals surface area contributed by atoms with Crippen molar-refractivity contribution in [2.45, 2.75) is 19.3 Å². The second-order valence-corrected chi connectivity index (χ2v) is 7.32. The third-order valence-electron chi connectivity index (χ3n) is 5.55. The number of methoxy groups -OCH3 is 3. The summed E-state index contributed by atoms with van der Waals surface area (Å²) < 4.78 is 19.7. The van der Waals surface area contributed by atoms with Gasteiger partial charge >= 0.3 is 0 Å². The predicted octanol–water partition coefficient (Wildman–Crippen LogP) is 2.12. The van der Waals surface area contributed by atoms with E-state index in [4.69, 9.17) is 14.2 Å². The van der Waals surface area contributed by atoms with Gasteiger partial charge in [0.1, 0.15) is 11.6 Å². The molecule has 11 heteroatoms. The Morgan fingerprint density at radius 1 is 1.00 bits per heavy atom. The van der Waals surface area contributed by atoms with Gasteiger partial charge in [0, 0.05) is 29.5 Å². The molecule has 1 aliphatic rings. The van der Waals surface area contributed by atoms with Crippen molar-refractivity contribution in [3.05, 3.63) is 47.4 Å². The number of nitrogens with one attached hydrogen (secondary N) is 1. The fourth-order valence-electron chi connectivity index (χ4n) is 4.00. The van der Waals surface area contributed by atoms with Crippen LogP contribution in [-0.2, 0) is 4.79 Å². The second-order valence-electron chi connectivity index (χ2n) is 7.32. The monoisotopic (exact) mass is 435 g/mol. The van der Waals surface area contributed by atoms with Gasteiger partial charge in [-0.1, -0.05) is 0 Å². The molecule has 3 aromatic heterocycles. The Labute approximate surface area is 182 Å². The molecule has 0 saturated carbocycles. The van der Waals surface area contributed by atoms with Crippen molar-refractivity contribution < 1.29 is 19.0 Å². The third kappa shape index (κ3) is 3.01. The molecule has 5 rings (SSSR count). The van der Waals surface area contributed by atoms with Crippen molar-refractivity contribution in [2.24, 2.45) is 0 Å². The van der Waals surface area contributed by atoms with Gasteiger partial charge in [0.2, 0.25) is 5.91 Å². The van der Waals surface area contributed by atoms with E-state index in [0.29, 0.717) is 40.4 Å². The van der Waals surface area contributed by atoms with Crippen LogP contribution in [0, 0.1) is 6.92 Å². The zero-order valence-electron chi connectivity index (χ0n) is 18.0. The fraction of sp³-hybridized carbons (Fsp3) is 0.286. The first kappa shape index (κ1) is 19.8. The van der Waals surface area contributed by atoms with E-state index in [2.05, 4.69) is 25.7 Å². The first-order valence-electron chi connectivity index (χ1n) is 9.91. The van der Waals surface area contributed by atoms with Crippen LogP contribution in [0.5, 0.6) is 17.2 Å². The molecule has 0 spiro atoms. The van der Waals surface area contributed by atoms with Gasteiger partial charge in [-0.3, -0.25) is 4.79 Å². The first-order valence-corrected chi connectivity index (χ1v) is 9.91. The Bertz CT molecular complexity index is 1340. The number of aromatic nitrogens is 6. The Balaban J connectivity index is 1.64. The van der Waals surface area contributed by atoms with Crippen molar-refractivity contribution in [1.82, 2.24) is 29.6 Å². The van der Waals surface area contributed by atoms with E-state index in [1.54, 1.807) is 54.9 Å². The van der Waals surface area contributed by atoms with Gasteiger partial charge in [-0.15, -0.1) is 15.3 Å². The van der Waals surface area contributed by atoms with Gasteiger partial charge in [-0.05, 0) is 25.1 Å². The summed E-state index contributed by atoms with van der Waals surface area (Å²) in [7, 11) is 4.72. The SMILES string of the molecule is COc1cc(OC)c([C@H]2CC(=O)Nc3c2cnn3-c2ccc3nnc(C)n3n2)cc1OC. The molecule has 1 aliphatic heterocycles. The number of carbonyl (C=O) groups excluding carboxylic acids is 1. The average Bonchev–Trinajstić information content (AvgIpc) is 3.40. The number of ether oxygens (including phenoxy) is 3. The summed E-state index contributed by atoms with van der Waals surface area (Å²) in [6.45, 7) is 1.82. The van der Waals surface area contributed by atoms with E-state index < -0.39 is 0 Å². The first-order chi connectivity index (χ1) is 15.5. The van der Waals surface area contributed by atoms with Crippen LogP contribution >= 0.6 is 0 Å². The Kier molecular flexibility index (Phi) is 4.65. The molecule has 32 heavy (non-hydrogen) atoms. The van der Waals surface area contributed by atoms with Crippen LogP contribution in [0.25, 0.3) is 11.5 Å². The summed E-state index contributed by atoms with van der Waals surface area (Å²) in [4.78, 5) is 12.7. The Morgan fingerprint density at radius 2 is 1.75 bits per heavy atom. The molecule has 1 N–H and O–H groups in total. The normalized spacial score (nSPS) is 15.4. The topological polar surface area (TPSA) is 118 Å². The van der Waals surface area contributed by atoms with Gasteiger partial charge < -0.3 is 19.5 Å². The van der Waals surface area contributed by atoms with Crippen molar-refractivity contribution in [3.8, 4) is 23.1 Å². The number of anilines is 1. The average molecular weight is 435 g/mol. The lowest BCUT2D eigenvalue weighted by Gasteiger charge is -2.25. The lowest BCUT2D eigenvalue weighted by molar-refractivity contribution is -0.116. The minimum Gasteiger partial charge on any atom is -0.496 e. The highest BCUT2D eigenvalue weighted by Gasteiger charge is 2.33. The Hall–Kier alpha value is -4.15. The molecule has 164 valence electrons. The molecule has 0 bridgehead atoms. The number of aryl methyl sites for hydroxylation is 1. The second kappa shape index (κ2) is 7.52. The van der Waals surface area contributed by atoms with Gasteiger partial charge in [0.15, 0.2) is 28.8 Å². The predicted molar refractivity (Wildman–Crippen MR) is 114 cm³/mol. The summed E-state index contributed by atoms with van der Waals surface area (Å²) in [5.41, 5.74) is 2.28. The quantitative estimate of drug-likeness (QED) is 0.507. The summed E-state index contributed by atoms with van der Waals surface area (Å²) in [6.07, 6.45) is 1.97. The highest BCUT2D eigenvalue weighted by Crippen LogP contribution is 2.45. The molecule has 4 heterocycles. The molecule has 4 aromatic rings. The molecule has 1 aromatic carbocycles. The minimum atomic E-state index is -0.289. The van der Waals surface area contributed by atoms with Gasteiger partial charge in [-0.25, -0.2) is 0 Å². The Morgan fingerprint density at radius 3 is 2.50 bits per heavy atom. The summed E-state index contributed by atoms with van der Waals surface area (Å²) in [5.74, 6) is 3.01. The van der Waals surface area contributed by atoms with E-state index in [9.17, 15) is 4.79 Å². The van der Waals surface area contributed by atoms with Crippen LogP contribution < -0.4 is 19.5 Å². The molecule has 1 atom stereocenters. The van der Waals surface area contributed by atoms with Crippen LogP contribution in [-0.4, -0.2) is 56.8 Å². The number of fused-ring (bicyclic) bond motifs is 2. The van der Waals surface area contributed by atoms with Crippen LogP contribution in [0.4, 0.5) is 5.82 Å². The van der Waals surface area contributed by atoms with E-state index in [-0.39, 0.29) is 18.2 Å². The molecule has 0 saturated heterocycles. The van der Waals surface area contributed by atoms with Crippen LogP contribution in [0.1, 0.15) is 29.3 Å². The maximum Gasteiger partial charge on any atom is 0.226 e. The van der Waals surface area contributed by atoms with Crippen molar-refractivity contribution >= 4 is 17.4 Å².